The molecule has 1 aromatic rings. The number of nitrogens with one attached hydrogen (secondary N) is 1. The van der Waals surface area contributed by atoms with Gasteiger partial charge in [0.15, 0.2) is 6.10 Å². The second-order valence-corrected chi connectivity index (χ2v) is 6.44. The molecule has 2 atom stereocenters. The maximum Gasteiger partial charge on any atom is 0.261 e. The summed E-state index contributed by atoms with van der Waals surface area (Å²) in [4.78, 5) is 12.5. The van der Waals surface area contributed by atoms with Crippen LogP contribution in [0.1, 0.15) is 44.1 Å². The maximum atomic E-state index is 12.5. The molecule has 0 bridgehead atoms. The van der Waals surface area contributed by atoms with E-state index in [1.54, 1.807) is 0 Å². The second-order valence-electron chi connectivity index (χ2n) is 6.44. The number of fused-ring (bicyclic) bond motifs is 1. The number of rotatable bonds is 5. The summed E-state index contributed by atoms with van der Waals surface area (Å²) in [5.74, 6) is 1.27. The summed E-state index contributed by atoms with van der Waals surface area (Å²) < 4.78 is 5.76. The molecule has 1 amide bonds. The first-order chi connectivity index (χ1) is 10.8. The summed E-state index contributed by atoms with van der Waals surface area (Å²) in [6.45, 7) is 0.118. The fourth-order valence-electron chi connectivity index (χ4n) is 3.71. The van der Waals surface area contributed by atoms with Crippen LogP contribution in [0.2, 0.25) is 0 Å². The van der Waals surface area contributed by atoms with Crippen molar-refractivity contribution in [3.05, 3.63) is 29.8 Å². The van der Waals surface area contributed by atoms with Gasteiger partial charge in [0.2, 0.25) is 0 Å². The number of aliphatic hydroxyl groups is 1. The van der Waals surface area contributed by atoms with Gasteiger partial charge in [-0.15, -0.1) is 0 Å². The molecule has 2 unspecified atom stereocenters. The van der Waals surface area contributed by atoms with Crippen LogP contribution in [0.25, 0.3) is 0 Å². The third-order valence-electron chi connectivity index (χ3n) is 4.93. The van der Waals surface area contributed by atoms with E-state index in [0.29, 0.717) is 18.8 Å². The summed E-state index contributed by atoms with van der Waals surface area (Å²) in [5.41, 5.74) is 1.10. The molecule has 3 rings (SSSR count). The third-order valence-corrected chi connectivity index (χ3v) is 4.93. The van der Waals surface area contributed by atoms with Crippen LogP contribution < -0.4 is 10.1 Å². The summed E-state index contributed by atoms with van der Waals surface area (Å²) in [5, 5.41) is 12.4. The van der Waals surface area contributed by atoms with Crippen molar-refractivity contribution in [1.29, 1.82) is 0 Å². The highest BCUT2D eigenvalue weighted by Crippen LogP contribution is 2.30. The molecule has 0 saturated heterocycles. The van der Waals surface area contributed by atoms with E-state index in [4.69, 9.17) is 4.74 Å². The summed E-state index contributed by atoms with van der Waals surface area (Å²) in [6, 6.07) is 7.89. The van der Waals surface area contributed by atoms with Crippen LogP contribution >= 0.6 is 0 Å². The number of hydrogen-bond donors (Lipinski definition) is 2. The van der Waals surface area contributed by atoms with Crippen LogP contribution in [0, 0.1) is 5.92 Å². The molecule has 1 fully saturated rings. The van der Waals surface area contributed by atoms with Gasteiger partial charge in [0.05, 0.1) is 0 Å². The molecule has 22 heavy (non-hydrogen) atoms. The van der Waals surface area contributed by atoms with Gasteiger partial charge in [-0.3, -0.25) is 4.79 Å². The first-order valence-electron chi connectivity index (χ1n) is 8.43. The van der Waals surface area contributed by atoms with Crippen LogP contribution in [0.5, 0.6) is 5.75 Å². The Balaban J connectivity index is 1.60. The Hall–Kier alpha value is -1.55. The number of carbonyl (C=O) groups excluding carboxylic acids is 1. The van der Waals surface area contributed by atoms with E-state index in [2.05, 4.69) is 5.32 Å². The van der Waals surface area contributed by atoms with Gasteiger partial charge in [0, 0.05) is 19.1 Å². The van der Waals surface area contributed by atoms with Crippen molar-refractivity contribution in [2.45, 2.75) is 57.1 Å². The quantitative estimate of drug-likeness (QED) is 0.878. The van der Waals surface area contributed by atoms with E-state index < -0.39 is 6.10 Å². The van der Waals surface area contributed by atoms with Gasteiger partial charge in [0.25, 0.3) is 5.91 Å². The Kier molecular flexibility index (Phi) is 4.98. The molecule has 0 aromatic heterocycles. The monoisotopic (exact) mass is 303 g/mol. The topological polar surface area (TPSA) is 58.6 Å². The third kappa shape index (κ3) is 3.43. The molecule has 4 nitrogen and oxygen atoms in total. The van der Waals surface area contributed by atoms with Gasteiger partial charge in [-0.2, -0.15) is 0 Å². The zero-order valence-electron chi connectivity index (χ0n) is 13.0. The zero-order chi connectivity index (χ0) is 15.4. The van der Waals surface area contributed by atoms with Crippen molar-refractivity contribution in [3.63, 3.8) is 0 Å². The van der Waals surface area contributed by atoms with Gasteiger partial charge >= 0.3 is 0 Å². The minimum atomic E-state index is -0.429. The summed E-state index contributed by atoms with van der Waals surface area (Å²) in [6.07, 6.45) is 6.89. The van der Waals surface area contributed by atoms with E-state index >= 15 is 0 Å². The molecule has 1 aromatic carbocycles. The number of aliphatic hydroxyl groups excluding tert-OH is 1. The lowest BCUT2D eigenvalue weighted by Gasteiger charge is -2.31. The molecule has 4 heteroatoms. The van der Waals surface area contributed by atoms with Crippen LogP contribution in [0.4, 0.5) is 0 Å². The van der Waals surface area contributed by atoms with E-state index in [9.17, 15) is 9.90 Å². The molecule has 2 N–H and O–H groups in total. The van der Waals surface area contributed by atoms with E-state index in [0.717, 1.165) is 24.2 Å². The van der Waals surface area contributed by atoms with Crippen LogP contribution in [0.15, 0.2) is 24.3 Å². The molecule has 1 saturated carbocycles. The van der Waals surface area contributed by atoms with Crippen molar-refractivity contribution in [2.75, 3.05) is 6.61 Å². The van der Waals surface area contributed by atoms with Crippen LogP contribution in [-0.2, 0) is 11.2 Å². The Morgan fingerprint density at radius 1 is 1.27 bits per heavy atom. The molecule has 0 spiro atoms. The predicted molar refractivity (Wildman–Crippen MR) is 84.8 cm³/mol. The normalized spacial score (nSPS) is 22.7. The lowest BCUT2D eigenvalue weighted by Crippen LogP contribution is -2.47. The number of carbonyl (C=O) groups is 1. The minimum absolute atomic E-state index is 0.0415. The summed E-state index contributed by atoms with van der Waals surface area (Å²) >= 11 is 0. The molecule has 1 heterocycles. The van der Waals surface area contributed by atoms with Gasteiger partial charge in [-0.05, 0) is 36.8 Å². The Morgan fingerprint density at radius 2 is 2.05 bits per heavy atom. The molecule has 2 aliphatic rings. The molecular weight excluding hydrogens is 278 g/mol. The Bertz CT molecular complexity index is 486. The molecule has 1 aliphatic carbocycles. The average Bonchev–Trinajstić information content (AvgIpc) is 2.99. The highest BCUT2D eigenvalue weighted by Gasteiger charge is 2.32. The highest BCUT2D eigenvalue weighted by molar-refractivity contribution is 5.82. The zero-order valence-corrected chi connectivity index (χ0v) is 13.0. The van der Waals surface area contributed by atoms with Gasteiger partial charge in [-0.25, -0.2) is 0 Å². The van der Waals surface area contributed by atoms with Crippen molar-refractivity contribution >= 4 is 5.91 Å². The number of hydrogen-bond acceptors (Lipinski definition) is 3. The maximum absolute atomic E-state index is 12.5. The van der Waals surface area contributed by atoms with Crippen LogP contribution in [-0.4, -0.2) is 29.8 Å². The second kappa shape index (κ2) is 7.14. The Morgan fingerprint density at radius 3 is 2.77 bits per heavy atom. The molecule has 1 aliphatic heterocycles. The standard InChI is InChI=1S/C18H25NO3/c20-11-10-15(13-6-2-1-3-7-13)19-18(21)17-12-14-8-4-5-9-16(14)22-17/h4-5,8-9,13,15,17,20H,1-3,6-7,10-12H2,(H,19,21). The molecule has 0 radical (unpaired) electrons. The van der Waals surface area contributed by atoms with Crippen molar-refractivity contribution in [2.24, 2.45) is 5.92 Å². The summed E-state index contributed by atoms with van der Waals surface area (Å²) in [7, 11) is 0. The largest absolute Gasteiger partial charge is 0.480 e. The molecule has 120 valence electrons. The van der Waals surface area contributed by atoms with Gasteiger partial charge in [-0.1, -0.05) is 37.5 Å². The number of ether oxygens (including phenoxy) is 1. The first kappa shape index (κ1) is 15.3. The van der Waals surface area contributed by atoms with E-state index in [1.165, 1.54) is 19.3 Å². The minimum Gasteiger partial charge on any atom is -0.480 e. The first-order valence-corrected chi connectivity index (χ1v) is 8.43. The SMILES string of the molecule is O=C(NC(CCO)C1CCCCC1)C1Cc2ccccc2O1. The van der Waals surface area contributed by atoms with Crippen molar-refractivity contribution < 1.29 is 14.6 Å². The average molecular weight is 303 g/mol. The fraction of sp³-hybridized carbons (Fsp3) is 0.611. The number of benzene rings is 1. The van der Waals surface area contributed by atoms with Crippen LogP contribution in [0.3, 0.4) is 0 Å². The Labute approximate surface area is 131 Å². The fourth-order valence-corrected chi connectivity index (χ4v) is 3.71. The number of para-hydroxylation sites is 1. The van der Waals surface area contributed by atoms with E-state index in [-0.39, 0.29) is 18.6 Å². The predicted octanol–water partition coefficient (Wildman–Crippen LogP) is 2.44. The smallest absolute Gasteiger partial charge is 0.261 e. The van der Waals surface area contributed by atoms with Crippen molar-refractivity contribution in [3.8, 4) is 5.75 Å². The van der Waals surface area contributed by atoms with Crippen molar-refractivity contribution in [1.82, 2.24) is 5.32 Å². The molecular formula is C18H25NO3. The van der Waals surface area contributed by atoms with E-state index in [1.807, 2.05) is 24.3 Å². The lowest BCUT2D eigenvalue weighted by atomic mass is 9.82. The number of amides is 1. The van der Waals surface area contributed by atoms with Gasteiger partial charge < -0.3 is 15.2 Å². The lowest BCUT2D eigenvalue weighted by molar-refractivity contribution is -0.128. The van der Waals surface area contributed by atoms with Gasteiger partial charge in [0.1, 0.15) is 5.75 Å². The highest BCUT2D eigenvalue weighted by atomic mass is 16.5.